The van der Waals surface area contributed by atoms with Crippen LogP contribution in [0.3, 0.4) is 0 Å². The Labute approximate surface area is 121 Å². The Balaban J connectivity index is 2.51. The van der Waals surface area contributed by atoms with Crippen molar-refractivity contribution in [3.05, 3.63) is 35.9 Å². The third-order valence-electron chi connectivity index (χ3n) is 2.66. The number of carbonyl (C=O) groups is 1. The molecular weight excluding hydrogens is 318 g/mol. The van der Waals surface area contributed by atoms with Gasteiger partial charge in [0.1, 0.15) is 0 Å². The van der Waals surface area contributed by atoms with Crippen molar-refractivity contribution in [3.63, 3.8) is 0 Å². The first-order valence-corrected chi connectivity index (χ1v) is 6.89. The van der Waals surface area contributed by atoms with E-state index in [1.54, 1.807) is 18.2 Å². The van der Waals surface area contributed by atoms with E-state index >= 15 is 0 Å². The fraction of sp³-hybridized carbons (Fsp3) is 0.462. The minimum absolute atomic E-state index is 0.291. The smallest absolute Gasteiger partial charge is 0.282 e. The van der Waals surface area contributed by atoms with Crippen LogP contribution in [0.25, 0.3) is 0 Å². The zero-order valence-corrected chi connectivity index (χ0v) is 11.5. The molecule has 0 amide bonds. The van der Waals surface area contributed by atoms with Crippen molar-refractivity contribution in [2.45, 2.75) is 24.4 Å². The summed E-state index contributed by atoms with van der Waals surface area (Å²) in [7, 11) is 0. The standard InChI is InChI=1S/C13H12F6OS/c14-8-12(16,17)13(18,19)10(15)6-7-21-11(20)9-4-2-1-3-5-9/h1-5,10H,6-8H2. The number of thioether (sulfide) groups is 1. The average molecular weight is 330 g/mol. The summed E-state index contributed by atoms with van der Waals surface area (Å²) < 4.78 is 76.2. The molecule has 1 unspecified atom stereocenters. The van der Waals surface area contributed by atoms with Gasteiger partial charge in [-0.05, 0) is 6.42 Å². The fourth-order valence-electron chi connectivity index (χ4n) is 1.41. The van der Waals surface area contributed by atoms with Crippen LogP contribution in [0.1, 0.15) is 16.8 Å². The molecule has 21 heavy (non-hydrogen) atoms. The van der Waals surface area contributed by atoms with Crippen LogP contribution >= 0.6 is 11.8 Å². The van der Waals surface area contributed by atoms with Crippen LogP contribution in [-0.2, 0) is 0 Å². The van der Waals surface area contributed by atoms with Crippen molar-refractivity contribution < 1.29 is 31.1 Å². The third kappa shape index (κ3) is 4.39. The van der Waals surface area contributed by atoms with Gasteiger partial charge in [-0.2, -0.15) is 17.6 Å². The molecule has 0 spiro atoms. The van der Waals surface area contributed by atoms with Gasteiger partial charge in [-0.1, -0.05) is 42.1 Å². The molecule has 1 nitrogen and oxygen atoms in total. The zero-order valence-electron chi connectivity index (χ0n) is 10.7. The van der Waals surface area contributed by atoms with Gasteiger partial charge in [0.25, 0.3) is 0 Å². The lowest BCUT2D eigenvalue weighted by atomic mass is 10.1. The van der Waals surface area contributed by atoms with E-state index in [0.29, 0.717) is 17.3 Å². The number of halogens is 6. The molecule has 8 heteroatoms. The second-order valence-corrected chi connectivity index (χ2v) is 5.29. The molecule has 0 saturated heterocycles. The minimum atomic E-state index is -5.10. The van der Waals surface area contributed by atoms with E-state index in [0.717, 1.165) is 0 Å². The highest BCUT2D eigenvalue weighted by atomic mass is 32.2. The summed E-state index contributed by atoms with van der Waals surface area (Å²) in [5, 5.41) is -0.483. The maximum Gasteiger partial charge on any atom is 0.343 e. The van der Waals surface area contributed by atoms with Crippen LogP contribution in [0.15, 0.2) is 30.3 Å². The van der Waals surface area contributed by atoms with Crippen LogP contribution < -0.4 is 0 Å². The Kier molecular flexibility index (Phi) is 6.12. The summed E-state index contributed by atoms with van der Waals surface area (Å²) in [6, 6.07) is 7.80. The monoisotopic (exact) mass is 330 g/mol. The topological polar surface area (TPSA) is 17.1 Å². The molecule has 0 saturated carbocycles. The van der Waals surface area contributed by atoms with Gasteiger partial charge in [0, 0.05) is 11.3 Å². The van der Waals surface area contributed by atoms with Crippen molar-refractivity contribution in [3.8, 4) is 0 Å². The first-order valence-electron chi connectivity index (χ1n) is 5.90. The van der Waals surface area contributed by atoms with Gasteiger partial charge in [0.05, 0.1) is 0 Å². The van der Waals surface area contributed by atoms with Gasteiger partial charge in [-0.15, -0.1) is 0 Å². The Hall–Kier alpha value is -1.18. The summed E-state index contributed by atoms with van der Waals surface area (Å²) in [6.45, 7) is -2.64. The van der Waals surface area contributed by atoms with Gasteiger partial charge < -0.3 is 0 Å². The quantitative estimate of drug-likeness (QED) is 0.683. The Morgan fingerprint density at radius 2 is 1.71 bits per heavy atom. The van der Waals surface area contributed by atoms with Gasteiger partial charge in [0.2, 0.25) is 5.12 Å². The summed E-state index contributed by atoms with van der Waals surface area (Å²) in [5.41, 5.74) is 0.291. The summed E-state index contributed by atoms with van der Waals surface area (Å²) >= 11 is 0.541. The first kappa shape index (κ1) is 17.9. The van der Waals surface area contributed by atoms with E-state index in [-0.39, 0.29) is 0 Å². The number of alkyl halides is 6. The van der Waals surface area contributed by atoms with Crippen LogP contribution in [-0.4, -0.2) is 35.6 Å². The molecule has 0 aliphatic carbocycles. The minimum Gasteiger partial charge on any atom is -0.282 e. The summed E-state index contributed by atoms with van der Waals surface area (Å²) in [4.78, 5) is 11.6. The Morgan fingerprint density at radius 3 is 2.24 bits per heavy atom. The Morgan fingerprint density at radius 1 is 1.14 bits per heavy atom. The molecule has 0 heterocycles. The van der Waals surface area contributed by atoms with E-state index in [2.05, 4.69) is 0 Å². The normalized spacial score (nSPS) is 14.0. The summed E-state index contributed by atoms with van der Waals surface area (Å²) in [5.74, 6) is -10.6. The number of rotatable bonds is 7. The zero-order chi connectivity index (χ0) is 16.1. The first-order chi connectivity index (χ1) is 9.72. The molecule has 0 aromatic heterocycles. The maximum atomic E-state index is 13.2. The molecule has 0 bridgehead atoms. The molecule has 118 valence electrons. The van der Waals surface area contributed by atoms with Crippen molar-refractivity contribution in [2.24, 2.45) is 0 Å². The van der Waals surface area contributed by atoms with Crippen LogP contribution in [0.5, 0.6) is 0 Å². The van der Waals surface area contributed by atoms with Crippen molar-refractivity contribution >= 4 is 16.9 Å². The van der Waals surface area contributed by atoms with Gasteiger partial charge in [-0.25, -0.2) is 8.78 Å². The molecule has 0 fully saturated rings. The highest BCUT2D eigenvalue weighted by Crippen LogP contribution is 2.40. The van der Waals surface area contributed by atoms with Crippen molar-refractivity contribution in [2.75, 3.05) is 12.4 Å². The van der Waals surface area contributed by atoms with Crippen molar-refractivity contribution in [1.82, 2.24) is 0 Å². The maximum absolute atomic E-state index is 13.2. The van der Waals surface area contributed by atoms with Gasteiger partial charge >= 0.3 is 11.8 Å². The van der Waals surface area contributed by atoms with Crippen LogP contribution in [0.4, 0.5) is 26.3 Å². The molecule has 0 radical (unpaired) electrons. The number of hydrogen-bond donors (Lipinski definition) is 0. The summed E-state index contributed by atoms with van der Waals surface area (Å²) in [6.07, 6.45) is -4.20. The lowest BCUT2D eigenvalue weighted by Gasteiger charge is -2.26. The molecule has 0 aliphatic rings. The number of carbonyl (C=O) groups excluding carboxylic acids is 1. The molecule has 0 aliphatic heterocycles. The largest absolute Gasteiger partial charge is 0.343 e. The second kappa shape index (κ2) is 7.20. The van der Waals surface area contributed by atoms with Gasteiger partial charge in [0.15, 0.2) is 12.8 Å². The predicted molar refractivity (Wildman–Crippen MR) is 68.6 cm³/mol. The van der Waals surface area contributed by atoms with E-state index in [9.17, 15) is 31.1 Å². The van der Waals surface area contributed by atoms with E-state index in [4.69, 9.17) is 0 Å². The Bertz CT molecular complexity index is 465. The highest BCUT2D eigenvalue weighted by molar-refractivity contribution is 8.14. The predicted octanol–water partition coefficient (Wildman–Crippen LogP) is 4.53. The lowest BCUT2D eigenvalue weighted by molar-refractivity contribution is -0.244. The van der Waals surface area contributed by atoms with E-state index < -0.39 is 42.0 Å². The number of benzene rings is 1. The highest BCUT2D eigenvalue weighted by Gasteiger charge is 2.61. The molecular formula is C13H12F6OS. The third-order valence-corrected chi connectivity index (χ3v) is 3.60. The molecule has 0 N–H and O–H groups in total. The lowest BCUT2D eigenvalue weighted by Crippen LogP contribution is -2.49. The SMILES string of the molecule is O=C(SCCC(F)C(F)(F)C(F)(F)CF)c1ccccc1. The molecule has 1 aromatic rings. The van der Waals surface area contributed by atoms with Gasteiger partial charge in [-0.3, -0.25) is 4.79 Å². The number of hydrogen-bond acceptors (Lipinski definition) is 2. The van der Waals surface area contributed by atoms with Crippen LogP contribution in [0.2, 0.25) is 0 Å². The average Bonchev–Trinajstić information content (AvgIpc) is 2.47. The van der Waals surface area contributed by atoms with Crippen molar-refractivity contribution in [1.29, 1.82) is 0 Å². The van der Waals surface area contributed by atoms with E-state index in [1.807, 2.05) is 0 Å². The molecule has 1 atom stereocenters. The molecule has 1 aromatic carbocycles. The molecule has 1 rings (SSSR count). The van der Waals surface area contributed by atoms with Crippen LogP contribution in [0, 0.1) is 0 Å². The van der Waals surface area contributed by atoms with E-state index in [1.165, 1.54) is 12.1 Å². The second-order valence-electron chi connectivity index (χ2n) is 4.22. The fourth-order valence-corrected chi connectivity index (χ4v) is 2.23.